The van der Waals surface area contributed by atoms with E-state index in [0.717, 1.165) is 0 Å². The first-order chi connectivity index (χ1) is 15.0. The first-order valence-corrected chi connectivity index (χ1v) is 10.4. The van der Waals surface area contributed by atoms with Crippen molar-refractivity contribution in [3.8, 4) is 11.5 Å². The lowest BCUT2D eigenvalue weighted by Crippen LogP contribution is -2.42. The number of carbonyl (C=O) groups excluding carboxylic acids is 3. The SMILES string of the molecule is C[C@H](NC(=O)OC(C)(C)C)C(=O)Cc1cccc(Cl)c1C(=O)Nc1ccc2c(c1)OCO2. The minimum Gasteiger partial charge on any atom is -0.454 e. The fourth-order valence-corrected chi connectivity index (χ4v) is 3.32. The maximum atomic E-state index is 13.0. The van der Waals surface area contributed by atoms with E-state index >= 15 is 0 Å². The number of benzene rings is 2. The van der Waals surface area contributed by atoms with E-state index in [1.165, 1.54) is 0 Å². The van der Waals surface area contributed by atoms with Gasteiger partial charge in [-0.25, -0.2) is 4.79 Å². The molecule has 9 heteroatoms. The van der Waals surface area contributed by atoms with E-state index < -0.39 is 23.6 Å². The van der Waals surface area contributed by atoms with Gasteiger partial charge in [0.1, 0.15) is 5.60 Å². The summed E-state index contributed by atoms with van der Waals surface area (Å²) >= 11 is 6.30. The molecule has 1 aliphatic rings. The summed E-state index contributed by atoms with van der Waals surface area (Å²) in [5.74, 6) is 0.359. The number of halogens is 1. The molecule has 0 radical (unpaired) electrons. The van der Waals surface area contributed by atoms with Crippen molar-refractivity contribution in [1.29, 1.82) is 0 Å². The molecule has 0 bridgehead atoms. The first kappa shape index (κ1) is 23.4. The van der Waals surface area contributed by atoms with Crippen molar-refractivity contribution in [2.45, 2.75) is 45.8 Å². The summed E-state index contributed by atoms with van der Waals surface area (Å²) in [4.78, 5) is 37.6. The minimum absolute atomic E-state index is 0.0958. The normalized spacial score (nSPS) is 13.3. The van der Waals surface area contributed by atoms with E-state index in [2.05, 4.69) is 10.6 Å². The number of anilines is 1. The largest absolute Gasteiger partial charge is 0.454 e. The molecule has 1 heterocycles. The average molecular weight is 461 g/mol. The van der Waals surface area contributed by atoms with Gasteiger partial charge in [0.15, 0.2) is 17.3 Å². The predicted molar refractivity (Wildman–Crippen MR) is 120 cm³/mol. The predicted octanol–water partition coefficient (Wildman–Crippen LogP) is 4.35. The van der Waals surface area contributed by atoms with E-state index in [4.69, 9.17) is 25.8 Å². The highest BCUT2D eigenvalue weighted by atomic mass is 35.5. The lowest BCUT2D eigenvalue weighted by molar-refractivity contribution is -0.120. The molecule has 0 spiro atoms. The van der Waals surface area contributed by atoms with Crippen LogP contribution in [0.2, 0.25) is 5.02 Å². The van der Waals surface area contributed by atoms with E-state index in [9.17, 15) is 14.4 Å². The summed E-state index contributed by atoms with van der Waals surface area (Å²) in [7, 11) is 0. The smallest absolute Gasteiger partial charge is 0.408 e. The Morgan fingerprint density at radius 3 is 2.56 bits per heavy atom. The Labute approximate surface area is 191 Å². The molecule has 2 aromatic carbocycles. The maximum Gasteiger partial charge on any atom is 0.408 e. The maximum absolute atomic E-state index is 13.0. The van der Waals surface area contributed by atoms with Crippen LogP contribution in [-0.2, 0) is 16.0 Å². The summed E-state index contributed by atoms with van der Waals surface area (Å²) in [6, 6.07) is 9.10. The standard InChI is InChI=1S/C23H25ClN2O6/c1-13(25-22(29)32-23(2,3)4)17(27)10-14-6-5-7-16(24)20(14)21(28)26-15-8-9-18-19(11-15)31-12-30-18/h5-9,11,13H,10,12H2,1-4H3,(H,25,29)(H,26,28)/t13-/m0/s1. The summed E-state index contributed by atoms with van der Waals surface area (Å²) in [5.41, 5.74) is 0.444. The number of nitrogens with one attached hydrogen (secondary N) is 2. The molecule has 2 aromatic rings. The van der Waals surface area contributed by atoms with Crippen LogP contribution in [0.25, 0.3) is 0 Å². The summed E-state index contributed by atoms with van der Waals surface area (Å²) in [5, 5.41) is 5.49. The van der Waals surface area contributed by atoms with Crippen LogP contribution in [0.4, 0.5) is 10.5 Å². The van der Waals surface area contributed by atoms with E-state index in [0.29, 0.717) is 22.7 Å². The molecule has 0 saturated carbocycles. The highest BCUT2D eigenvalue weighted by Crippen LogP contribution is 2.34. The topological polar surface area (TPSA) is 103 Å². The molecule has 0 saturated heterocycles. The Bertz CT molecular complexity index is 1050. The zero-order chi connectivity index (χ0) is 23.5. The third kappa shape index (κ3) is 5.91. The molecule has 0 fully saturated rings. The monoisotopic (exact) mass is 460 g/mol. The highest BCUT2D eigenvalue weighted by molar-refractivity contribution is 6.34. The third-order valence-electron chi connectivity index (χ3n) is 4.54. The van der Waals surface area contributed by atoms with Gasteiger partial charge in [-0.15, -0.1) is 0 Å². The van der Waals surface area contributed by atoms with Crippen molar-refractivity contribution in [2.24, 2.45) is 0 Å². The van der Waals surface area contributed by atoms with Crippen molar-refractivity contribution in [3.05, 3.63) is 52.5 Å². The Balaban J connectivity index is 1.72. The number of Topliss-reactive ketones (excluding diaryl/α,β-unsaturated/α-hetero) is 1. The lowest BCUT2D eigenvalue weighted by atomic mass is 9.99. The number of hydrogen-bond donors (Lipinski definition) is 2. The average Bonchev–Trinajstić information content (AvgIpc) is 3.14. The van der Waals surface area contributed by atoms with Crippen LogP contribution < -0.4 is 20.1 Å². The van der Waals surface area contributed by atoms with Crippen molar-refractivity contribution in [2.75, 3.05) is 12.1 Å². The highest BCUT2D eigenvalue weighted by Gasteiger charge is 2.24. The molecule has 32 heavy (non-hydrogen) atoms. The van der Waals surface area contributed by atoms with Gasteiger partial charge in [0.05, 0.1) is 16.6 Å². The van der Waals surface area contributed by atoms with Crippen molar-refractivity contribution < 1.29 is 28.6 Å². The molecule has 0 unspecified atom stereocenters. The second-order valence-electron chi connectivity index (χ2n) is 8.31. The van der Waals surface area contributed by atoms with Crippen LogP contribution in [0.15, 0.2) is 36.4 Å². The lowest BCUT2D eigenvalue weighted by Gasteiger charge is -2.21. The van der Waals surface area contributed by atoms with Crippen LogP contribution in [0.3, 0.4) is 0 Å². The molecule has 0 aromatic heterocycles. The van der Waals surface area contributed by atoms with E-state index in [1.807, 2.05) is 0 Å². The molecule has 1 atom stereocenters. The summed E-state index contributed by atoms with van der Waals surface area (Å²) in [6.07, 6.45) is -0.785. The second kappa shape index (κ2) is 9.48. The molecule has 1 aliphatic heterocycles. The minimum atomic E-state index is -0.811. The number of alkyl carbamates (subject to hydrolysis) is 1. The van der Waals surface area contributed by atoms with Crippen LogP contribution in [0, 0.1) is 0 Å². The van der Waals surface area contributed by atoms with Crippen molar-refractivity contribution >= 4 is 35.1 Å². The molecule has 170 valence electrons. The van der Waals surface area contributed by atoms with Gasteiger partial charge < -0.3 is 24.8 Å². The van der Waals surface area contributed by atoms with Gasteiger partial charge in [0, 0.05) is 18.2 Å². The Kier molecular flexibility index (Phi) is 6.93. The number of ketones is 1. The van der Waals surface area contributed by atoms with Gasteiger partial charge in [-0.1, -0.05) is 23.7 Å². The van der Waals surface area contributed by atoms with Gasteiger partial charge >= 0.3 is 6.09 Å². The fraction of sp³-hybridized carbons (Fsp3) is 0.348. The van der Waals surface area contributed by atoms with Gasteiger partial charge in [-0.3, -0.25) is 9.59 Å². The van der Waals surface area contributed by atoms with Crippen LogP contribution >= 0.6 is 11.6 Å². The zero-order valence-corrected chi connectivity index (χ0v) is 19.0. The molecule has 2 N–H and O–H groups in total. The van der Waals surface area contributed by atoms with E-state index in [1.54, 1.807) is 64.1 Å². The Morgan fingerprint density at radius 2 is 1.84 bits per heavy atom. The molecule has 2 amide bonds. The molecular weight excluding hydrogens is 436 g/mol. The number of carbonyl (C=O) groups is 3. The van der Waals surface area contributed by atoms with Gasteiger partial charge in [-0.05, 0) is 51.5 Å². The quantitative estimate of drug-likeness (QED) is 0.664. The zero-order valence-electron chi connectivity index (χ0n) is 18.3. The molecular formula is C23H25ClN2O6. The number of hydrogen-bond acceptors (Lipinski definition) is 6. The van der Waals surface area contributed by atoms with Crippen molar-refractivity contribution in [3.63, 3.8) is 0 Å². The number of ether oxygens (including phenoxy) is 3. The summed E-state index contributed by atoms with van der Waals surface area (Å²) < 4.78 is 15.8. The van der Waals surface area contributed by atoms with Crippen LogP contribution in [-0.4, -0.2) is 36.2 Å². The Hall–Kier alpha value is -3.26. The number of amides is 2. The molecule has 3 rings (SSSR count). The third-order valence-corrected chi connectivity index (χ3v) is 4.85. The van der Waals surface area contributed by atoms with Crippen LogP contribution in [0.5, 0.6) is 11.5 Å². The van der Waals surface area contributed by atoms with Gasteiger partial charge in [0.25, 0.3) is 5.91 Å². The van der Waals surface area contributed by atoms with E-state index in [-0.39, 0.29) is 29.6 Å². The second-order valence-corrected chi connectivity index (χ2v) is 8.71. The first-order valence-electron chi connectivity index (χ1n) is 10.0. The van der Waals surface area contributed by atoms with Crippen molar-refractivity contribution in [1.82, 2.24) is 5.32 Å². The molecule has 0 aliphatic carbocycles. The van der Waals surface area contributed by atoms with Crippen LogP contribution in [0.1, 0.15) is 43.6 Å². The van der Waals surface area contributed by atoms with Gasteiger partial charge in [-0.2, -0.15) is 0 Å². The molecule has 8 nitrogen and oxygen atoms in total. The Morgan fingerprint density at radius 1 is 1.12 bits per heavy atom. The fourth-order valence-electron chi connectivity index (χ4n) is 3.04. The number of fused-ring (bicyclic) bond motifs is 1. The summed E-state index contributed by atoms with van der Waals surface area (Å²) in [6.45, 7) is 6.88. The number of rotatable bonds is 6. The van der Waals surface area contributed by atoms with Gasteiger partial charge in [0.2, 0.25) is 6.79 Å².